The van der Waals surface area contributed by atoms with Crippen molar-refractivity contribution in [2.45, 2.75) is 26.7 Å². The number of nitrogens with one attached hydrogen (secondary N) is 2. The summed E-state index contributed by atoms with van der Waals surface area (Å²) in [5, 5.41) is 24.6. The number of fused-ring (bicyclic) bond motifs is 2. The van der Waals surface area contributed by atoms with Crippen LogP contribution in [0.15, 0.2) is 73.3 Å². The molecule has 244 valence electrons. The van der Waals surface area contributed by atoms with Crippen LogP contribution in [-0.4, -0.2) is 82.3 Å². The van der Waals surface area contributed by atoms with Crippen molar-refractivity contribution in [2.24, 2.45) is 0 Å². The van der Waals surface area contributed by atoms with Crippen LogP contribution in [0.25, 0.3) is 22.3 Å². The van der Waals surface area contributed by atoms with Crippen LogP contribution in [0.5, 0.6) is 11.8 Å². The molecule has 0 spiro atoms. The van der Waals surface area contributed by atoms with Gasteiger partial charge in [0.25, 0.3) is 0 Å². The Kier molecular flexibility index (Phi) is 10.6. The summed E-state index contributed by atoms with van der Waals surface area (Å²) < 4.78 is 26.5. The van der Waals surface area contributed by atoms with Crippen molar-refractivity contribution >= 4 is 34.2 Å². The van der Waals surface area contributed by atoms with Gasteiger partial charge in [0, 0.05) is 0 Å². The molecule has 47 heavy (non-hydrogen) atoms. The lowest BCUT2D eigenvalue weighted by Gasteiger charge is -2.12. The van der Waals surface area contributed by atoms with Gasteiger partial charge in [-0.1, -0.05) is 60.7 Å². The molecular formula is C31H34N10O6. The van der Waals surface area contributed by atoms with Gasteiger partial charge < -0.3 is 39.8 Å². The Hall–Kier alpha value is -5.42. The molecule has 0 unspecified atom stereocenters. The highest BCUT2D eigenvalue weighted by Gasteiger charge is 2.17. The fourth-order valence-electron chi connectivity index (χ4n) is 4.49. The van der Waals surface area contributed by atoms with Gasteiger partial charge in [0.2, 0.25) is 23.7 Å². The quantitative estimate of drug-likeness (QED) is 0.0791. The third kappa shape index (κ3) is 8.06. The molecule has 0 atom stereocenters. The van der Waals surface area contributed by atoms with Gasteiger partial charge in [-0.15, -0.1) is 0 Å². The zero-order chi connectivity index (χ0) is 32.3. The van der Waals surface area contributed by atoms with E-state index in [0.29, 0.717) is 34.1 Å². The molecule has 0 bridgehead atoms. The summed E-state index contributed by atoms with van der Waals surface area (Å²) in [7, 11) is 0. The molecule has 0 amide bonds. The van der Waals surface area contributed by atoms with E-state index in [1.54, 1.807) is 21.8 Å². The highest BCUT2D eigenvalue weighted by Crippen LogP contribution is 2.26. The fraction of sp³-hybridized carbons (Fsp3) is 0.290. The molecule has 4 heterocycles. The van der Waals surface area contributed by atoms with Crippen LogP contribution in [0, 0.1) is 0 Å². The van der Waals surface area contributed by atoms with Gasteiger partial charge in [-0.25, -0.2) is 9.97 Å². The van der Waals surface area contributed by atoms with Gasteiger partial charge >= 0.3 is 0 Å². The molecule has 16 heteroatoms. The summed E-state index contributed by atoms with van der Waals surface area (Å²) in [4.78, 5) is 27.3. The molecule has 0 fully saturated rings. The van der Waals surface area contributed by atoms with Gasteiger partial charge in [0.05, 0.1) is 45.8 Å². The van der Waals surface area contributed by atoms with Crippen molar-refractivity contribution in [3.63, 3.8) is 0 Å². The summed E-state index contributed by atoms with van der Waals surface area (Å²) in [6.07, 6.45) is 3.17. The minimum atomic E-state index is -0.102. The zero-order valence-corrected chi connectivity index (χ0v) is 25.4. The van der Waals surface area contributed by atoms with Gasteiger partial charge in [0.1, 0.15) is 26.7 Å². The number of imidazole rings is 2. The number of ether oxygens (including phenoxy) is 4. The number of hydrogen-bond acceptors (Lipinski definition) is 14. The SMILES string of the molecule is OCCOCn1cnc2c(OCc3ccccc3)nc(NCNc3nc(OCc4ccccc4)c4ncn(COCCO)c4n3)nc21. The maximum atomic E-state index is 9.12. The smallest absolute Gasteiger partial charge is 0.247 e. The van der Waals surface area contributed by atoms with Gasteiger partial charge in [-0.05, 0) is 11.1 Å². The van der Waals surface area contributed by atoms with Gasteiger partial charge in [-0.2, -0.15) is 19.9 Å². The molecule has 0 aliphatic rings. The summed E-state index contributed by atoms with van der Waals surface area (Å²) in [6.45, 7) is 1.12. The number of benzene rings is 2. The Morgan fingerprint density at radius 2 is 1.04 bits per heavy atom. The highest BCUT2D eigenvalue weighted by molar-refractivity contribution is 5.78. The van der Waals surface area contributed by atoms with Gasteiger partial charge in [-0.3, -0.25) is 9.13 Å². The summed E-state index contributed by atoms with van der Waals surface area (Å²) in [5.74, 6) is 1.12. The van der Waals surface area contributed by atoms with Crippen LogP contribution in [0.3, 0.4) is 0 Å². The Morgan fingerprint density at radius 3 is 1.47 bits per heavy atom. The van der Waals surface area contributed by atoms with E-state index in [0.717, 1.165) is 11.1 Å². The number of nitrogens with zero attached hydrogens (tertiary/aromatic N) is 8. The first kappa shape index (κ1) is 31.6. The average Bonchev–Trinajstić information content (AvgIpc) is 3.71. The standard InChI is InChI=1S/C31H34N10O6/c42-11-13-44-20-40-18-34-24-26(40)36-30(38-28(24)46-15-22-7-3-1-4-8-22)32-17-33-31-37-27-25(35-19-41(27)21-45-14-12-43)29(39-31)47-16-23-9-5-2-6-10-23/h1-10,18-19,42-43H,11-17,20-21H2,(H,32,36,38)(H,33,37,39). The van der Waals surface area contributed by atoms with E-state index in [-0.39, 0.29) is 71.7 Å². The molecule has 6 rings (SSSR count). The molecule has 0 saturated heterocycles. The molecule has 2 aromatic carbocycles. The van der Waals surface area contributed by atoms with Crippen LogP contribution >= 0.6 is 0 Å². The largest absolute Gasteiger partial charge is 0.471 e. The molecular weight excluding hydrogens is 608 g/mol. The van der Waals surface area contributed by atoms with E-state index in [1.807, 2.05) is 60.7 Å². The van der Waals surface area contributed by atoms with Crippen molar-refractivity contribution in [3.05, 3.63) is 84.4 Å². The first-order valence-corrected chi connectivity index (χ1v) is 14.9. The lowest BCUT2D eigenvalue weighted by Crippen LogP contribution is -2.17. The van der Waals surface area contributed by atoms with E-state index in [2.05, 4.69) is 40.5 Å². The van der Waals surface area contributed by atoms with Crippen molar-refractivity contribution < 1.29 is 29.2 Å². The minimum Gasteiger partial charge on any atom is -0.471 e. The molecule has 16 nitrogen and oxygen atoms in total. The monoisotopic (exact) mass is 642 g/mol. The van der Waals surface area contributed by atoms with Gasteiger partial charge in [0.15, 0.2) is 22.3 Å². The average molecular weight is 643 g/mol. The molecule has 0 radical (unpaired) electrons. The highest BCUT2D eigenvalue weighted by atomic mass is 16.5. The summed E-state index contributed by atoms with van der Waals surface area (Å²) >= 11 is 0. The topological polar surface area (TPSA) is 189 Å². The molecule has 4 N–H and O–H groups in total. The number of aliphatic hydroxyl groups excluding tert-OH is 2. The van der Waals surface area contributed by atoms with Crippen LogP contribution in [0.4, 0.5) is 11.9 Å². The Balaban J connectivity index is 1.22. The van der Waals surface area contributed by atoms with Crippen LogP contribution in [-0.2, 0) is 36.1 Å². The molecule has 0 aliphatic carbocycles. The number of hydrogen-bond donors (Lipinski definition) is 4. The van der Waals surface area contributed by atoms with Crippen molar-refractivity contribution in [2.75, 3.05) is 43.7 Å². The van der Waals surface area contributed by atoms with Crippen molar-refractivity contribution in [1.82, 2.24) is 39.0 Å². The van der Waals surface area contributed by atoms with Crippen LogP contribution in [0.1, 0.15) is 11.1 Å². The number of aromatic nitrogens is 8. The normalized spacial score (nSPS) is 11.3. The second kappa shape index (κ2) is 15.7. The maximum absolute atomic E-state index is 9.12. The second-order valence-electron chi connectivity index (χ2n) is 10.1. The second-order valence-corrected chi connectivity index (χ2v) is 10.1. The first-order chi connectivity index (χ1) is 23.2. The Bertz CT molecular complexity index is 1730. The fourth-order valence-corrected chi connectivity index (χ4v) is 4.49. The Morgan fingerprint density at radius 1 is 0.596 bits per heavy atom. The first-order valence-electron chi connectivity index (χ1n) is 14.9. The maximum Gasteiger partial charge on any atom is 0.247 e. The lowest BCUT2D eigenvalue weighted by atomic mass is 10.2. The van der Waals surface area contributed by atoms with E-state index < -0.39 is 0 Å². The predicted molar refractivity (Wildman–Crippen MR) is 170 cm³/mol. The molecule has 6 aromatic rings. The van der Waals surface area contributed by atoms with Crippen molar-refractivity contribution in [1.29, 1.82) is 0 Å². The molecule has 0 saturated carbocycles. The molecule has 0 aliphatic heterocycles. The number of aliphatic hydroxyl groups is 2. The van der Waals surface area contributed by atoms with E-state index in [9.17, 15) is 0 Å². The van der Waals surface area contributed by atoms with Crippen molar-refractivity contribution in [3.8, 4) is 11.8 Å². The van der Waals surface area contributed by atoms with Crippen LogP contribution < -0.4 is 20.1 Å². The van der Waals surface area contributed by atoms with E-state index in [1.165, 1.54) is 0 Å². The lowest BCUT2D eigenvalue weighted by molar-refractivity contribution is 0.0499. The Labute approximate surface area is 269 Å². The van der Waals surface area contributed by atoms with E-state index in [4.69, 9.17) is 29.2 Å². The van der Waals surface area contributed by atoms with E-state index >= 15 is 0 Å². The number of anilines is 2. The predicted octanol–water partition coefficient (Wildman–Crippen LogP) is 2.54. The third-order valence-electron chi connectivity index (χ3n) is 6.73. The summed E-state index contributed by atoms with van der Waals surface area (Å²) in [6, 6.07) is 19.5. The number of rotatable bonds is 18. The zero-order valence-electron chi connectivity index (χ0n) is 25.4. The molecule has 4 aromatic heterocycles. The third-order valence-corrected chi connectivity index (χ3v) is 6.73. The van der Waals surface area contributed by atoms with Crippen LogP contribution in [0.2, 0.25) is 0 Å². The minimum absolute atomic E-state index is 0.102. The summed E-state index contributed by atoms with van der Waals surface area (Å²) in [5.41, 5.74) is 3.87.